The van der Waals surface area contributed by atoms with Gasteiger partial charge in [-0.05, 0) is 48.9 Å². The Morgan fingerprint density at radius 1 is 0.962 bits per heavy atom. The van der Waals surface area contributed by atoms with Crippen molar-refractivity contribution < 1.29 is 9.90 Å². The second-order valence-corrected chi connectivity index (χ2v) is 7.80. The molecule has 2 aromatic carbocycles. The van der Waals surface area contributed by atoms with E-state index in [1.165, 1.54) is 6.42 Å². The molecule has 0 spiro atoms. The van der Waals surface area contributed by atoms with Gasteiger partial charge in [-0.15, -0.1) is 0 Å². The average molecular weight is 348 g/mol. The lowest BCUT2D eigenvalue weighted by atomic mass is 9.72. The van der Waals surface area contributed by atoms with Crippen LogP contribution in [0.2, 0.25) is 0 Å². The van der Waals surface area contributed by atoms with E-state index in [-0.39, 0.29) is 17.0 Å². The quantitative estimate of drug-likeness (QED) is 0.506. The first-order valence-corrected chi connectivity index (χ1v) is 9.53. The van der Waals surface area contributed by atoms with E-state index >= 15 is 0 Å². The molecular formula is C24H28O2. The summed E-state index contributed by atoms with van der Waals surface area (Å²) in [6, 6.07) is 16.3. The molecule has 0 aromatic heterocycles. The van der Waals surface area contributed by atoms with Crippen molar-refractivity contribution in [1.82, 2.24) is 0 Å². The molecule has 1 aliphatic rings. The first-order chi connectivity index (χ1) is 12.4. The highest BCUT2D eigenvalue weighted by molar-refractivity contribution is 6.20. The molecule has 0 aliphatic heterocycles. The monoisotopic (exact) mass is 348 g/mol. The molecule has 1 saturated carbocycles. The predicted molar refractivity (Wildman–Crippen MR) is 108 cm³/mol. The summed E-state index contributed by atoms with van der Waals surface area (Å²) in [5, 5.41) is 11.1. The number of allylic oxidation sites excluding steroid dienone is 2. The Kier molecular flexibility index (Phi) is 5.31. The first kappa shape index (κ1) is 18.4. The highest BCUT2D eigenvalue weighted by Crippen LogP contribution is 2.44. The van der Waals surface area contributed by atoms with Crippen molar-refractivity contribution in [3.63, 3.8) is 0 Å². The van der Waals surface area contributed by atoms with Crippen LogP contribution >= 0.6 is 0 Å². The van der Waals surface area contributed by atoms with Crippen LogP contribution in [0.15, 0.2) is 54.3 Å². The smallest absolute Gasteiger partial charge is 0.163 e. The Morgan fingerprint density at radius 2 is 1.62 bits per heavy atom. The fourth-order valence-corrected chi connectivity index (χ4v) is 4.11. The zero-order valence-corrected chi connectivity index (χ0v) is 16.0. The lowest BCUT2D eigenvalue weighted by Crippen LogP contribution is -2.25. The van der Waals surface area contributed by atoms with E-state index in [1.54, 1.807) is 6.92 Å². The molecule has 1 N–H and O–H groups in total. The summed E-state index contributed by atoms with van der Waals surface area (Å²) in [5.41, 5.74) is 4.34. The molecule has 0 heterocycles. The predicted octanol–water partition coefficient (Wildman–Crippen LogP) is 6.49. The summed E-state index contributed by atoms with van der Waals surface area (Å²) in [7, 11) is 0. The Bertz CT molecular complexity index is 825. The van der Waals surface area contributed by atoms with E-state index in [0.29, 0.717) is 5.57 Å². The third kappa shape index (κ3) is 3.60. The van der Waals surface area contributed by atoms with Crippen molar-refractivity contribution in [3.05, 3.63) is 65.4 Å². The van der Waals surface area contributed by atoms with Gasteiger partial charge in [0.2, 0.25) is 0 Å². The van der Waals surface area contributed by atoms with Gasteiger partial charge >= 0.3 is 0 Å². The van der Waals surface area contributed by atoms with Crippen molar-refractivity contribution >= 4 is 11.4 Å². The van der Waals surface area contributed by atoms with Gasteiger partial charge in [0.05, 0.1) is 5.57 Å². The molecule has 0 amide bonds. The Labute approximate surface area is 156 Å². The van der Waals surface area contributed by atoms with Gasteiger partial charge in [-0.2, -0.15) is 0 Å². The van der Waals surface area contributed by atoms with Crippen LogP contribution < -0.4 is 0 Å². The van der Waals surface area contributed by atoms with Crippen molar-refractivity contribution in [2.24, 2.45) is 5.41 Å². The number of aliphatic hydroxyl groups is 1. The van der Waals surface area contributed by atoms with Gasteiger partial charge in [-0.1, -0.05) is 74.7 Å². The number of carbonyl (C=O) groups excluding carboxylic acids is 1. The number of ketones is 1. The van der Waals surface area contributed by atoms with E-state index < -0.39 is 0 Å². The zero-order chi connectivity index (χ0) is 18.7. The Balaban J connectivity index is 2.06. The number of benzene rings is 2. The van der Waals surface area contributed by atoms with E-state index in [0.717, 1.165) is 47.9 Å². The van der Waals surface area contributed by atoms with E-state index in [2.05, 4.69) is 25.1 Å². The average Bonchev–Trinajstić information content (AvgIpc) is 2.64. The molecule has 0 bridgehead atoms. The summed E-state index contributed by atoms with van der Waals surface area (Å²) in [4.78, 5) is 12.5. The van der Waals surface area contributed by atoms with Crippen LogP contribution in [-0.4, -0.2) is 10.9 Å². The largest absolute Gasteiger partial charge is 0.511 e. The van der Waals surface area contributed by atoms with Crippen molar-refractivity contribution in [2.75, 3.05) is 0 Å². The van der Waals surface area contributed by atoms with E-state index in [4.69, 9.17) is 0 Å². The minimum atomic E-state index is -0.288. The maximum atomic E-state index is 12.5. The van der Waals surface area contributed by atoms with Gasteiger partial charge in [0.25, 0.3) is 0 Å². The van der Waals surface area contributed by atoms with E-state index in [1.807, 2.05) is 37.3 Å². The van der Waals surface area contributed by atoms with Gasteiger partial charge in [0.15, 0.2) is 5.78 Å². The number of hydrogen-bond donors (Lipinski definition) is 1. The lowest BCUT2D eigenvalue weighted by molar-refractivity contribution is -0.112. The van der Waals surface area contributed by atoms with Gasteiger partial charge in [0.1, 0.15) is 5.76 Å². The van der Waals surface area contributed by atoms with Crippen molar-refractivity contribution in [1.29, 1.82) is 0 Å². The molecular weight excluding hydrogens is 320 g/mol. The minimum Gasteiger partial charge on any atom is -0.511 e. The molecule has 3 rings (SSSR count). The molecule has 2 aromatic rings. The normalized spacial score (nSPS) is 17.5. The van der Waals surface area contributed by atoms with Crippen LogP contribution in [0.25, 0.3) is 16.7 Å². The summed E-state index contributed by atoms with van der Waals surface area (Å²) < 4.78 is 0. The highest BCUT2D eigenvalue weighted by atomic mass is 16.3. The standard InChI is InChI=1S/C24H28O2/c1-17-16-20(19-10-6-4-7-11-19)12-13-21(17)22(18(2)25)23(26)24(3)14-8-5-9-15-24/h4,6-7,10-13,16,26H,5,8-9,14-15H2,1-3H3/b23-22-. The van der Waals surface area contributed by atoms with Gasteiger partial charge in [-0.3, -0.25) is 4.79 Å². The molecule has 136 valence electrons. The van der Waals surface area contributed by atoms with Crippen LogP contribution in [0, 0.1) is 12.3 Å². The summed E-state index contributed by atoms with van der Waals surface area (Å²) in [5.74, 6) is 0.213. The van der Waals surface area contributed by atoms with Gasteiger partial charge < -0.3 is 5.11 Å². The zero-order valence-electron chi connectivity index (χ0n) is 16.0. The summed E-state index contributed by atoms with van der Waals surface area (Å²) in [6.45, 7) is 5.67. The SMILES string of the molecule is CC(=O)/C(=C(/O)C1(C)CCCCC1)c1ccc(-c2ccccc2)cc1C. The Morgan fingerprint density at radius 3 is 2.19 bits per heavy atom. The number of Topliss-reactive ketones (excluding diaryl/α,β-unsaturated/α-hetero) is 1. The van der Waals surface area contributed by atoms with Gasteiger partial charge in [0, 0.05) is 5.41 Å². The second kappa shape index (κ2) is 7.49. The third-order valence-electron chi connectivity index (χ3n) is 5.72. The first-order valence-electron chi connectivity index (χ1n) is 9.53. The molecule has 26 heavy (non-hydrogen) atoms. The van der Waals surface area contributed by atoms with Crippen LogP contribution in [0.1, 0.15) is 57.1 Å². The minimum absolute atomic E-state index is 0.0649. The number of carbonyl (C=O) groups is 1. The van der Waals surface area contributed by atoms with Crippen molar-refractivity contribution in [2.45, 2.75) is 52.9 Å². The van der Waals surface area contributed by atoms with Crippen LogP contribution in [0.3, 0.4) is 0 Å². The molecule has 0 radical (unpaired) electrons. The fraction of sp³-hybridized carbons (Fsp3) is 0.375. The molecule has 0 atom stereocenters. The van der Waals surface area contributed by atoms with Crippen LogP contribution in [0.5, 0.6) is 0 Å². The lowest BCUT2D eigenvalue weighted by Gasteiger charge is -2.34. The van der Waals surface area contributed by atoms with Crippen LogP contribution in [-0.2, 0) is 4.79 Å². The molecule has 1 aliphatic carbocycles. The molecule has 2 heteroatoms. The summed E-state index contributed by atoms with van der Waals surface area (Å²) in [6.07, 6.45) is 5.31. The number of aliphatic hydroxyl groups excluding tert-OH is 1. The van der Waals surface area contributed by atoms with Crippen molar-refractivity contribution in [3.8, 4) is 11.1 Å². The number of aryl methyl sites for hydroxylation is 1. The Hall–Kier alpha value is -2.35. The fourth-order valence-electron chi connectivity index (χ4n) is 4.11. The summed E-state index contributed by atoms with van der Waals surface area (Å²) >= 11 is 0. The third-order valence-corrected chi connectivity index (χ3v) is 5.72. The maximum Gasteiger partial charge on any atom is 0.163 e. The number of rotatable bonds is 4. The van der Waals surface area contributed by atoms with Gasteiger partial charge in [-0.25, -0.2) is 0 Å². The maximum absolute atomic E-state index is 12.5. The molecule has 0 saturated heterocycles. The van der Waals surface area contributed by atoms with Crippen LogP contribution in [0.4, 0.5) is 0 Å². The molecule has 1 fully saturated rings. The molecule has 0 unspecified atom stereocenters. The van der Waals surface area contributed by atoms with E-state index in [9.17, 15) is 9.90 Å². The number of hydrogen-bond acceptors (Lipinski definition) is 2. The highest BCUT2D eigenvalue weighted by Gasteiger charge is 2.34. The molecule has 2 nitrogen and oxygen atoms in total. The topological polar surface area (TPSA) is 37.3 Å². The second-order valence-electron chi connectivity index (χ2n) is 7.80.